The zero-order chi connectivity index (χ0) is 20.8. The highest BCUT2D eigenvalue weighted by Crippen LogP contribution is 2.20. The van der Waals surface area contributed by atoms with E-state index in [1.807, 2.05) is 13.0 Å². The van der Waals surface area contributed by atoms with Gasteiger partial charge in [-0.25, -0.2) is 9.78 Å². The van der Waals surface area contributed by atoms with Gasteiger partial charge in [-0.05, 0) is 25.5 Å². The second-order valence-corrected chi connectivity index (χ2v) is 6.21. The number of pyridine rings is 1. The predicted octanol–water partition coefficient (Wildman–Crippen LogP) is 2.39. The first-order valence-corrected chi connectivity index (χ1v) is 9.10. The molecule has 0 unspecified atom stereocenters. The van der Waals surface area contributed by atoms with Gasteiger partial charge in [-0.1, -0.05) is 6.07 Å². The van der Waals surface area contributed by atoms with Crippen molar-refractivity contribution in [2.45, 2.75) is 32.9 Å². The first-order chi connectivity index (χ1) is 14.0. The molecule has 0 radical (unpaired) electrons. The largest absolute Gasteiger partial charge is 0.478 e. The van der Waals surface area contributed by atoms with Crippen LogP contribution in [0.4, 0.5) is 5.69 Å². The van der Waals surface area contributed by atoms with E-state index in [2.05, 4.69) is 10.3 Å². The van der Waals surface area contributed by atoms with E-state index in [4.69, 9.17) is 9.15 Å². The number of nitro groups is 1. The molecule has 0 bridgehead atoms. The number of nitro benzene ring substituents is 1. The Hall–Kier alpha value is -3.69. The van der Waals surface area contributed by atoms with E-state index >= 15 is 0 Å². The Morgan fingerprint density at radius 1 is 1.38 bits per heavy atom. The number of fused-ring (bicyclic) bond motifs is 1. The third kappa shape index (κ3) is 4.78. The fourth-order valence-electron chi connectivity index (χ4n) is 2.89. The van der Waals surface area contributed by atoms with Crippen molar-refractivity contribution in [1.82, 2.24) is 14.9 Å². The summed E-state index contributed by atoms with van der Waals surface area (Å²) >= 11 is 0. The summed E-state index contributed by atoms with van der Waals surface area (Å²) in [6.07, 6.45) is 2.23. The van der Waals surface area contributed by atoms with Crippen LogP contribution in [0.3, 0.4) is 0 Å². The number of non-ortho nitro benzene ring substituents is 1. The van der Waals surface area contributed by atoms with Crippen LogP contribution < -0.4 is 15.8 Å². The van der Waals surface area contributed by atoms with Gasteiger partial charge >= 0.3 is 5.76 Å². The molecule has 0 fully saturated rings. The first-order valence-electron chi connectivity index (χ1n) is 9.10. The molecule has 1 N–H and O–H groups in total. The van der Waals surface area contributed by atoms with Crippen molar-refractivity contribution >= 4 is 22.7 Å². The van der Waals surface area contributed by atoms with Gasteiger partial charge < -0.3 is 14.5 Å². The molecule has 152 valence electrons. The second kappa shape index (κ2) is 9.00. The van der Waals surface area contributed by atoms with E-state index in [-0.39, 0.29) is 30.1 Å². The topological polar surface area (TPSA) is 130 Å². The molecule has 2 aromatic heterocycles. The average Bonchev–Trinajstić information content (AvgIpc) is 3.02. The molecule has 3 rings (SSSR count). The molecule has 3 aromatic rings. The number of carbonyl (C=O) groups is 1. The van der Waals surface area contributed by atoms with Crippen molar-refractivity contribution < 1.29 is 18.9 Å². The van der Waals surface area contributed by atoms with Gasteiger partial charge in [-0.3, -0.25) is 19.5 Å². The number of amides is 1. The van der Waals surface area contributed by atoms with E-state index in [1.165, 1.54) is 22.8 Å². The third-order valence-electron chi connectivity index (χ3n) is 4.26. The Morgan fingerprint density at radius 2 is 2.21 bits per heavy atom. The maximum absolute atomic E-state index is 12.1. The van der Waals surface area contributed by atoms with Crippen LogP contribution in [0, 0.1) is 10.1 Å². The highest BCUT2D eigenvalue weighted by atomic mass is 16.6. The van der Waals surface area contributed by atoms with Crippen LogP contribution in [0.25, 0.3) is 11.1 Å². The average molecular weight is 400 g/mol. The molecule has 0 aliphatic carbocycles. The Labute approximate surface area is 165 Å². The summed E-state index contributed by atoms with van der Waals surface area (Å²) in [5, 5.41) is 13.6. The number of aromatic nitrogens is 2. The standard InChI is InChI=1S/C19H20N4O6/c1-2-28-18-13(5-3-9-20-18)12-21-17(24)6-4-10-22-15-8-7-14(23(26)27)11-16(15)29-19(22)25/h3,5,7-9,11H,2,4,6,10,12H2,1H3,(H,21,24). The molecule has 0 aliphatic rings. The molecule has 29 heavy (non-hydrogen) atoms. The van der Waals surface area contributed by atoms with Gasteiger partial charge in [0.15, 0.2) is 5.58 Å². The maximum Gasteiger partial charge on any atom is 0.419 e. The zero-order valence-corrected chi connectivity index (χ0v) is 15.8. The predicted molar refractivity (Wildman–Crippen MR) is 104 cm³/mol. The molecule has 2 heterocycles. The van der Waals surface area contributed by atoms with Crippen molar-refractivity contribution in [2.24, 2.45) is 0 Å². The molecule has 1 amide bonds. The molecular formula is C19H20N4O6. The molecule has 0 saturated heterocycles. The number of nitrogens with zero attached hydrogens (tertiary/aromatic N) is 3. The van der Waals surface area contributed by atoms with Gasteiger partial charge in [-0.15, -0.1) is 0 Å². The van der Waals surface area contributed by atoms with E-state index < -0.39 is 10.7 Å². The highest BCUT2D eigenvalue weighted by molar-refractivity contribution is 5.76. The number of carbonyl (C=O) groups excluding carboxylic acids is 1. The normalized spacial score (nSPS) is 10.8. The molecule has 1 aromatic carbocycles. The monoisotopic (exact) mass is 400 g/mol. The molecule has 0 saturated carbocycles. The second-order valence-electron chi connectivity index (χ2n) is 6.21. The number of nitrogens with one attached hydrogen (secondary N) is 1. The summed E-state index contributed by atoms with van der Waals surface area (Å²) in [7, 11) is 0. The lowest BCUT2D eigenvalue weighted by Gasteiger charge is -2.10. The summed E-state index contributed by atoms with van der Waals surface area (Å²) in [6.45, 7) is 2.89. The van der Waals surface area contributed by atoms with Gasteiger partial charge in [0.25, 0.3) is 5.69 Å². The fourth-order valence-corrected chi connectivity index (χ4v) is 2.89. The Morgan fingerprint density at radius 3 is 2.97 bits per heavy atom. The van der Waals surface area contributed by atoms with Crippen LogP contribution >= 0.6 is 0 Å². The summed E-state index contributed by atoms with van der Waals surface area (Å²) in [4.78, 5) is 38.5. The minimum Gasteiger partial charge on any atom is -0.478 e. The fraction of sp³-hybridized carbons (Fsp3) is 0.316. The zero-order valence-electron chi connectivity index (χ0n) is 15.8. The van der Waals surface area contributed by atoms with E-state index in [0.29, 0.717) is 31.0 Å². The summed E-state index contributed by atoms with van der Waals surface area (Å²) in [5.74, 6) is -0.300. The van der Waals surface area contributed by atoms with E-state index in [0.717, 1.165) is 5.56 Å². The Bertz CT molecular complexity index is 1090. The quantitative estimate of drug-likeness (QED) is 0.431. The minimum atomic E-state index is -0.613. The van der Waals surface area contributed by atoms with Gasteiger partial charge in [0, 0.05) is 37.3 Å². The third-order valence-corrected chi connectivity index (χ3v) is 4.26. The Balaban J connectivity index is 1.56. The van der Waals surface area contributed by atoms with Crippen LogP contribution in [-0.2, 0) is 17.9 Å². The van der Waals surface area contributed by atoms with Crippen molar-refractivity contribution in [2.75, 3.05) is 6.61 Å². The van der Waals surface area contributed by atoms with E-state index in [9.17, 15) is 19.7 Å². The molecule has 0 spiro atoms. The number of rotatable bonds is 9. The SMILES string of the molecule is CCOc1ncccc1CNC(=O)CCCn1c(=O)oc2cc([N+](=O)[O-])ccc21. The molecular weight excluding hydrogens is 380 g/mol. The van der Waals surface area contributed by atoms with Crippen molar-refractivity contribution in [3.05, 3.63) is 62.8 Å². The number of aryl methyl sites for hydroxylation is 1. The van der Waals surface area contributed by atoms with Gasteiger partial charge in [0.2, 0.25) is 11.8 Å². The van der Waals surface area contributed by atoms with Crippen LogP contribution in [0.15, 0.2) is 45.7 Å². The van der Waals surface area contributed by atoms with Crippen molar-refractivity contribution in [1.29, 1.82) is 0 Å². The van der Waals surface area contributed by atoms with Crippen LogP contribution in [-0.4, -0.2) is 27.0 Å². The molecule has 10 heteroatoms. The first kappa shape index (κ1) is 20.1. The smallest absolute Gasteiger partial charge is 0.419 e. The minimum absolute atomic E-state index is 0.147. The number of hydrogen-bond acceptors (Lipinski definition) is 7. The summed E-state index contributed by atoms with van der Waals surface area (Å²) in [6, 6.07) is 7.59. The summed E-state index contributed by atoms with van der Waals surface area (Å²) in [5.41, 5.74) is 1.23. The van der Waals surface area contributed by atoms with Gasteiger partial charge in [-0.2, -0.15) is 0 Å². The lowest BCUT2D eigenvalue weighted by atomic mass is 10.2. The number of ether oxygens (including phenoxy) is 1. The van der Waals surface area contributed by atoms with Crippen molar-refractivity contribution in [3.8, 4) is 5.88 Å². The van der Waals surface area contributed by atoms with Crippen LogP contribution in [0.5, 0.6) is 5.88 Å². The van der Waals surface area contributed by atoms with Gasteiger partial charge in [0.1, 0.15) is 0 Å². The lowest BCUT2D eigenvalue weighted by molar-refractivity contribution is -0.384. The van der Waals surface area contributed by atoms with Crippen LogP contribution in [0.2, 0.25) is 0 Å². The van der Waals surface area contributed by atoms with E-state index in [1.54, 1.807) is 12.3 Å². The van der Waals surface area contributed by atoms with Gasteiger partial charge in [0.05, 0.1) is 23.1 Å². The number of benzene rings is 1. The summed E-state index contributed by atoms with van der Waals surface area (Å²) < 4.78 is 11.9. The molecule has 10 nitrogen and oxygen atoms in total. The molecule has 0 aliphatic heterocycles. The number of hydrogen-bond donors (Lipinski definition) is 1. The highest BCUT2D eigenvalue weighted by Gasteiger charge is 2.14. The lowest BCUT2D eigenvalue weighted by Crippen LogP contribution is -2.24. The van der Waals surface area contributed by atoms with Crippen LogP contribution in [0.1, 0.15) is 25.3 Å². The Kier molecular flexibility index (Phi) is 6.22. The molecule has 0 atom stereocenters. The van der Waals surface area contributed by atoms with Crippen molar-refractivity contribution in [3.63, 3.8) is 0 Å². The maximum atomic E-state index is 12.1. The number of oxazole rings is 1.